The summed E-state index contributed by atoms with van der Waals surface area (Å²) in [5.41, 5.74) is 4.66. The standard InChI is InChI=1S/C26H28N2O3/c1-4-27-17-11-13-21-23(15-17)31-24-16-18(28(5-2)6-3)12-14-22(24)25(21)19-9-7-8-10-20(19)26(29)30/h7-16,18,27H,4-6H2,1-3H3,(H,29,30). The van der Waals surface area contributed by atoms with E-state index < -0.39 is 5.97 Å². The van der Waals surface area contributed by atoms with Gasteiger partial charge in [0.1, 0.15) is 11.5 Å². The number of benzene rings is 2. The Labute approximate surface area is 183 Å². The Bertz CT molecular complexity index is 1090. The highest BCUT2D eigenvalue weighted by Crippen LogP contribution is 2.45. The molecule has 31 heavy (non-hydrogen) atoms. The van der Waals surface area contributed by atoms with Gasteiger partial charge in [-0.05, 0) is 49.9 Å². The van der Waals surface area contributed by atoms with Gasteiger partial charge >= 0.3 is 5.97 Å². The third kappa shape index (κ3) is 3.89. The molecule has 0 saturated heterocycles. The Kier molecular flexibility index (Phi) is 5.96. The Balaban J connectivity index is 1.93. The van der Waals surface area contributed by atoms with Gasteiger partial charge in [0.2, 0.25) is 0 Å². The number of fused-ring (bicyclic) bond motifs is 2. The van der Waals surface area contributed by atoms with E-state index in [0.29, 0.717) is 5.56 Å². The molecular weight excluding hydrogens is 388 g/mol. The first-order valence-corrected chi connectivity index (χ1v) is 10.8. The second kappa shape index (κ2) is 8.82. The molecular formula is C26H28N2O3. The Morgan fingerprint density at radius 3 is 2.58 bits per heavy atom. The van der Waals surface area contributed by atoms with Crippen LogP contribution in [0.4, 0.5) is 5.69 Å². The first-order valence-electron chi connectivity index (χ1n) is 10.8. The van der Waals surface area contributed by atoms with Crippen LogP contribution in [0.3, 0.4) is 0 Å². The van der Waals surface area contributed by atoms with Crippen molar-refractivity contribution in [3.63, 3.8) is 0 Å². The van der Waals surface area contributed by atoms with E-state index in [9.17, 15) is 9.90 Å². The largest absolute Gasteiger partial charge is 0.478 e. The average Bonchev–Trinajstić information content (AvgIpc) is 2.78. The lowest BCUT2D eigenvalue weighted by Gasteiger charge is -2.32. The summed E-state index contributed by atoms with van der Waals surface area (Å²) in [5.74, 6) is 0.570. The first kappa shape index (κ1) is 20.9. The number of nitrogens with one attached hydrogen (secondary N) is 1. The molecule has 5 nitrogen and oxygen atoms in total. The molecule has 0 aromatic heterocycles. The molecule has 0 bridgehead atoms. The predicted octanol–water partition coefficient (Wildman–Crippen LogP) is 5.18. The van der Waals surface area contributed by atoms with Crippen LogP contribution in [-0.2, 0) is 0 Å². The fraction of sp³-hybridized carbons (Fsp3) is 0.269. The molecule has 1 aliphatic carbocycles. The third-order valence-corrected chi connectivity index (χ3v) is 5.83. The Morgan fingerprint density at radius 2 is 1.87 bits per heavy atom. The maximum Gasteiger partial charge on any atom is 0.336 e. The molecule has 0 fully saturated rings. The normalized spacial score (nSPS) is 17.0. The second-order valence-electron chi connectivity index (χ2n) is 7.58. The highest BCUT2D eigenvalue weighted by atomic mass is 16.5. The molecule has 0 radical (unpaired) electrons. The molecule has 2 aromatic carbocycles. The summed E-state index contributed by atoms with van der Waals surface area (Å²) in [6.07, 6.45) is 6.37. The topological polar surface area (TPSA) is 61.8 Å². The van der Waals surface area contributed by atoms with E-state index in [1.54, 1.807) is 12.1 Å². The molecule has 2 aromatic rings. The van der Waals surface area contributed by atoms with Crippen molar-refractivity contribution < 1.29 is 14.6 Å². The van der Waals surface area contributed by atoms with Crippen molar-refractivity contribution in [3.8, 4) is 5.75 Å². The smallest absolute Gasteiger partial charge is 0.336 e. The number of carboxylic acids is 1. The van der Waals surface area contributed by atoms with Crippen LogP contribution in [-0.4, -0.2) is 41.7 Å². The van der Waals surface area contributed by atoms with Crippen molar-refractivity contribution in [1.29, 1.82) is 0 Å². The van der Waals surface area contributed by atoms with Crippen molar-refractivity contribution in [2.45, 2.75) is 26.8 Å². The number of carboxylic acid groups (broad SMARTS) is 1. The number of hydrogen-bond donors (Lipinski definition) is 2. The summed E-state index contributed by atoms with van der Waals surface area (Å²) < 4.78 is 6.38. The van der Waals surface area contributed by atoms with E-state index in [1.165, 1.54) is 0 Å². The number of hydrogen-bond acceptors (Lipinski definition) is 4. The first-order chi connectivity index (χ1) is 15.1. The minimum Gasteiger partial charge on any atom is -0.478 e. The predicted molar refractivity (Wildman–Crippen MR) is 125 cm³/mol. The van der Waals surface area contributed by atoms with Gasteiger partial charge in [-0.25, -0.2) is 4.79 Å². The number of allylic oxidation sites excluding steroid dienone is 1. The number of anilines is 1. The number of aromatic carboxylic acids is 1. The van der Waals surface area contributed by atoms with E-state index in [-0.39, 0.29) is 11.6 Å². The van der Waals surface area contributed by atoms with Crippen LogP contribution in [0, 0.1) is 0 Å². The summed E-state index contributed by atoms with van der Waals surface area (Å²) in [4.78, 5) is 14.3. The quantitative estimate of drug-likeness (QED) is 0.652. The van der Waals surface area contributed by atoms with Gasteiger partial charge in [-0.3, -0.25) is 4.90 Å². The Hall–Kier alpha value is -3.31. The number of carbonyl (C=O) groups is 1. The summed E-state index contributed by atoms with van der Waals surface area (Å²) in [5, 5.41) is 13.2. The fourth-order valence-corrected chi connectivity index (χ4v) is 4.31. The van der Waals surface area contributed by atoms with Crippen molar-refractivity contribution in [2.24, 2.45) is 0 Å². The van der Waals surface area contributed by atoms with Crippen molar-refractivity contribution >= 4 is 17.2 Å². The van der Waals surface area contributed by atoms with Gasteiger partial charge in [-0.15, -0.1) is 0 Å². The molecule has 0 amide bonds. The molecule has 2 N–H and O–H groups in total. The summed E-state index contributed by atoms with van der Waals surface area (Å²) >= 11 is 0. The van der Waals surface area contributed by atoms with Crippen LogP contribution in [0.1, 0.15) is 42.3 Å². The van der Waals surface area contributed by atoms with Crippen molar-refractivity contribution in [3.05, 3.63) is 88.7 Å². The van der Waals surface area contributed by atoms with E-state index >= 15 is 0 Å². The van der Waals surface area contributed by atoms with E-state index in [4.69, 9.17) is 4.74 Å². The molecule has 2 aliphatic rings. The zero-order chi connectivity index (χ0) is 22.0. The van der Waals surface area contributed by atoms with Gasteiger partial charge in [-0.1, -0.05) is 44.2 Å². The lowest BCUT2D eigenvalue weighted by molar-refractivity contribution is 0.0696. The molecule has 1 aliphatic heterocycles. The zero-order valence-corrected chi connectivity index (χ0v) is 18.2. The number of ether oxygens (including phenoxy) is 1. The van der Waals surface area contributed by atoms with Crippen molar-refractivity contribution in [1.82, 2.24) is 4.90 Å². The lowest BCUT2D eigenvalue weighted by atomic mass is 9.85. The van der Waals surface area contributed by atoms with Crippen LogP contribution < -0.4 is 10.1 Å². The summed E-state index contributed by atoms with van der Waals surface area (Å²) in [6.45, 7) is 9.03. The molecule has 0 spiro atoms. The van der Waals surface area contributed by atoms with Gasteiger partial charge in [0, 0.05) is 35.0 Å². The SMILES string of the molecule is CCNc1ccc2c(c1)OC1=CC(N(CC)CC)C=CC1=C2c1ccccc1C(=O)O. The maximum atomic E-state index is 12.0. The van der Waals surface area contributed by atoms with E-state index in [2.05, 4.69) is 49.2 Å². The molecule has 1 heterocycles. The molecule has 1 atom stereocenters. The molecule has 160 valence electrons. The summed E-state index contributed by atoms with van der Waals surface area (Å²) in [6, 6.07) is 13.3. The highest BCUT2D eigenvalue weighted by Gasteiger charge is 2.30. The second-order valence-corrected chi connectivity index (χ2v) is 7.58. The highest BCUT2D eigenvalue weighted by molar-refractivity contribution is 6.00. The van der Waals surface area contributed by atoms with Gasteiger partial charge in [0.05, 0.1) is 11.6 Å². The number of rotatable bonds is 7. The van der Waals surface area contributed by atoms with E-state index in [0.717, 1.165) is 53.5 Å². The van der Waals surface area contributed by atoms with Crippen LogP contribution in [0.5, 0.6) is 5.75 Å². The molecule has 0 saturated carbocycles. The molecule has 4 rings (SSSR count). The maximum absolute atomic E-state index is 12.0. The van der Waals surface area contributed by atoms with Crippen LogP contribution in [0.15, 0.2) is 72.0 Å². The lowest BCUT2D eigenvalue weighted by Crippen LogP contribution is -2.34. The molecule has 5 heteroatoms. The summed E-state index contributed by atoms with van der Waals surface area (Å²) in [7, 11) is 0. The van der Waals surface area contributed by atoms with Crippen LogP contribution in [0.25, 0.3) is 5.57 Å². The zero-order valence-electron chi connectivity index (χ0n) is 18.2. The van der Waals surface area contributed by atoms with Crippen LogP contribution in [0.2, 0.25) is 0 Å². The molecule has 1 unspecified atom stereocenters. The van der Waals surface area contributed by atoms with E-state index in [1.807, 2.05) is 30.3 Å². The van der Waals surface area contributed by atoms with Gasteiger partial charge in [-0.2, -0.15) is 0 Å². The minimum absolute atomic E-state index is 0.142. The van der Waals surface area contributed by atoms with Gasteiger partial charge in [0.25, 0.3) is 0 Å². The Morgan fingerprint density at radius 1 is 1.10 bits per heavy atom. The fourth-order valence-electron chi connectivity index (χ4n) is 4.31. The van der Waals surface area contributed by atoms with Crippen LogP contribution >= 0.6 is 0 Å². The number of likely N-dealkylation sites (N-methyl/N-ethyl adjacent to an activating group) is 1. The number of nitrogens with zero attached hydrogens (tertiary/aromatic N) is 1. The monoisotopic (exact) mass is 416 g/mol. The third-order valence-electron chi connectivity index (χ3n) is 5.83. The van der Waals surface area contributed by atoms with Crippen molar-refractivity contribution in [2.75, 3.05) is 25.0 Å². The minimum atomic E-state index is -0.938. The average molecular weight is 417 g/mol. The van der Waals surface area contributed by atoms with Gasteiger partial charge in [0.15, 0.2) is 0 Å². The van der Waals surface area contributed by atoms with Gasteiger partial charge < -0.3 is 15.2 Å².